The summed E-state index contributed by atoms with van der Waals surface area (Å²) in [4.78, 5) is 8.46. The molecule has 1 aromatic carbocycles. The Morgan fingerprint density at radius 2 is 1.82 bits per heavy atom. The third-order valence-corrected chi connectivity index (χ3v) is 2.64. The van der Waals surface area contributed by atoms with Crippen LogP contribution in [0.15, 0.2) is 54.9 Å². The molecule has 0 unspecified atom stereocenters. The summed E-state index contributed by atoms with van der Waals surface area (Å²) in [5.74, 6) is -0.282. The molecule has 0 aliphatic rings. The Balaban J connectivity index is 2.30. The van der Waals surface area contributed by atoms with E-state index >= 15 is 0 Å². The molecule has 2 aromatic heterocycles. The van der Waals surface area contributed by atoms with Crippen LogP contribution in [0.25, 0.3) is 22.2 Å². The van der Waals surface area contributed by atoms with Crippen molar-refractivity contribution in [2.75, 3.05) is 0 Å². The average molecular weight is 224 g/mol. The van der Waals surface area contributed by atoms with E-state index in [0.717, 1.165) is 16.5 Å². The summed E-state index contributed by atoms with van der Waals surface area (Å²) in [6.07, 6.45) is 3.21. The first-order valence-corrected chi connectivity index (χ1v) is 5.30. The van der Waals surface area contributed by atoms with Crippen LogP contribution in [0.4, 0.5) is 4.39 Å². The number of aromatic nitrogens is 2. The second-order valence-corrected chi connectivity index (χ2v) is 3.73. The molecule has 0 saturated carbocycles. The van der Waals surface area contributed by atoms with Crippen molar-refractivity contribution in [1.29, 1.82) is 0 Å². The van der Waals surface area contributed by atoms with E-state index in [1.807, 2.05) is 30.3 Å². The second-order valence-electron chi connectivity index (χ2n) is 3.73. The SMILES string of the molecule is Fc1ccnc(-c2cccc3ncccc23)c1. The van der Waals surface area contributed by atoms with Crippen molar-refractivity contribution < 1.29 is 4.39 Å². The fourth-order valence-electron chi connectivity index (χ4n) is 1.88. The molecular formula is C14H9FN2. The topological polar surface area (TPSA) is 25.8 Å². The molecule has 0 bridgehead atoms. The molecule has 3 heteroatoms. The summed E-state index contributed by atoms with van der Waals surface area (Å²) in [5, 5.41) is 0.980. The Kier molecular flexibility index (Phi) is 2.29. The normalized spacial score (nSPS) is 10.6. The van der Waals surface area contributed by atoms with Gasteiger partial charge in [-0.1, -0.05) is 18.2 Å². The van der Waals surface area contributed by atoms with Crippen molar-refractivity contribution in [3.63, 3.8) is 0 Å². The standard InChI is InChI=1S/C14H9FN2/c15-10-6-8-17-14(9-10)12-3-1-5-13-11(12)4-2-7-16-13/h1-9H. The van der Waals surface area contributed by atoms with E-state index in [-0.39, 0.29) is 5.82 Å². The van der Waals surface area contributed by atoms with E-state index in [1.165, 1.54) is 18.3 Å². The van der Waals surface area contributed by atoms with E-state index in [4.69, 9.17) is 0 Å². The zero-order valence-corrected chi connectivity index (χ0v) is 8.97. The Labute approximate surface area is 97.8 Å². The van der Waals surface area contributed by atoms with Crippen LogP contribution in [-0.4, -0.2) is 9.97 Å². The maximum atomic E-state index is 13.2. The number of hydrogen-bond donors (Lipinski definition) is 0. The average Bonchev–Trinajstić information content (AvgIpc) is 2.38. The third-order valence-electron chi connectivity index (χ3n) is 2.64. The van der Waals surface area contributed by atoms with Gasteiger partial charge in [0.1, 0.15) is 5.82 Å². The molecule has 0 fully saturated rings. The maximum absolute atomic E-state index is 13.2. The fourth-order valence-corrected chi connectivity index (χ4v) is 1.88. The largest absolute Gasteiger partial charge is 0.256 e. The third kappa shape index (κ3) is 1.76. The number of halogens is 1. The highest BCUT2D eigenvalue weighted by Crippen LogP contribution is 2.25. The van der Waals surface area contributed by atoms with Crippen molar-refractivity contribution in [3.05, 3.63) is 60.7 Å². The summed E-state index contributed by atoms with van der Waals surface area (Å²) in [5.41, 5.74) is 2.41. The lowest BCUT2D eigenvalue weighted by atomic mass is 10.1. The van der Waals surface area contributed by atoms with Gasteiger partial charge in [0.05, 0.1) is 11.2 Å². The van der Waals surface area contributed by atoms with E-state index in [9.17, 15) is 4.39 Å². The summed E-state index contributed by atoms with van der Waals surface area (Å²) in [7, 11) is 0. The van der Waals surface area contributed by atoms with Crippen LogP contribution in [0.3, 0.4) is 0 Å². The first kappa shape index (κ1) is 9.90. The number of hydrogen-bond acceptors (Lipinski definition) is 2. The molecule has 0 amide bonds. The van der Waals surface area contributed by atoms with Crippen LogP contribution in [0.1, 0.15) is 0 Å². The highest BCUT2D eigenvalue weighted by molar-refractivity contribution is 5.93. The monoisotopic (exact) mass is 224 g/mol. The number of benzene rings is 1. The van der Waals surface area contributed by atoms with Gasteiger partial charge in [-0.05, 0) is 18.2 Å². The van der Waals surface area contributed by atoms with Gasteiger partial charge in [0.2, 0.25) is 0 Å². The van der Waals surface area contributed by atoms with Crippen molar-refractivity contribution in [2.24, 2.45) is 0 Å². The summed E-state index contributed by atoms with van der Waals surface area (Å²) in [6.45, 7) is 0. The molecule has 0 N–H and O–H groups in total. The highest BCUT2D eigenvalue weighted by Gasteiger charge is 2.05. The van der Waals surface area contributed by atoms with Crippen LogP contribution < -0.4 is 0 Å². The smallest absolute Gasteiger partial charge is 0.126 e. The Morgan fingerprint density at radius 1 is 0.882 bits per heavy atom. The molecule has 0 spiro atoms. The Bertz CT molecular complexity index is 674. The van der Waals surface area contributed by atoms with Crippen molar-refractivity contribution in [2.45, 2.75) is 0 Å². The minimum atomic E-state index is -0.282. The number of fused-ring (bicyclic) bond motifs is 1. The predicted octanol–water partition coefficient (Wildman–Crippen LogP) is 3.44. The Hall–Kier alpha value is -2.29. The molecule has 0 aliphatic carbocycles. The van der Waals surface area contributed by atoms with Gasteiger partial charge < -0.3 is 0 Å². The molecular weight excluding hydrogens is 215 g/mol. The number of pyridine rings is 2. The summed E-state index contributed by atoms with van der Waals surface area (Å²) >= 11 is 0. The van der Waals surface area contributed by atoms with Gasteiger partial charge in [-0.25, -0.2) is 4.39 Å². The van der Waals surface area contributed by atoms with Crippen LogP contribution in [0.2, 0.25) is 0 Å². The quantitative estimate of drug-likeness (QED) is 0.632. The summed E-state index contributed by atoms with van der Waals surface area (Å²) < 4.78 is 13.2. The molecule has 0 saturated heterocycles. The molecule has 3 rings (SSSR count). The first-order valence-electron chi connectivity index (χ1n) is 5.30. The molecule has 82 valence electrons. The van der Waals surface area contributed by atoms with E-state index < -0.39 is 0 Å². The van der Waals surface area contributed by atoms with E-state index in [0.29, 0.717) is 5.69 Å². The lowest BCUT2D eigenvalue weighted by molar-refractivity contribution is 0.626. The van der Waals surface area contributed by atoms with Crippen LogP contribution >= 0.6 is 0 Å². The molecule has 0 radical (unpaired) electrons. The zero-order valence-electron chi connectivity index (χ0n) is 8.97. The lowest BCUT2D eigenvalue weighted by Crippen LogP contribution is -1.87. The molecule has 17 heavy (non-hydrogen) atoms. The van der Waals surface area contributed by atoms with E-state index in [2.05, 4.69) is 9.97 Å². The van der Waals surface area contributed by atoms with Crippen molar-refractivity contribution in [3.8, 4) is 11.3 Å². The van der Waals surface area contributed by atoms with Gasteiger partial charge >= 0.3 is 0 Å². The zero-order chi connectivity index (χ0) is 11.7. The van der Waals surface area contributed by atoms with E-state index in [1.54, 1.807) is 6.20 Å². The maximum Gasteiger partial charge on any atom is 0.126 e. The number of nitrogens with zero attached hydrogens (tertiary/aromatic N) is 2. The Morgan fingerprint density at radius 3 is 2.71 bits per heavy atom. The van der Waals surface area contributed by atoms with Gasteiger partial charge in [-0.3, -0.25) is 9.97 Å². The predicted molar refractivity (Wildman–Crippen MR) is 64.9 cm³/mol. The highest BCUT2D eigenvalue weighted by atomic mass is 19.1. The fraction of sp³-hybridized carbons (Fsp3) is 0. The minimum Gasteiger partial charge on any atom is -0.256 e. The van der Waals surface area contributed by atoms with Crippen LogP contribution in [0.5, 0.6) is 0 Å². The first-order chi connectivity index (χ1) is 8.34. The molecule has 2 nitrogen and oxygen atoms in total. The molecule has 3 aromatic rings. The molecule has 0 atom stereocenters. The van der Waals surface area contributed by atoms with Gasteiger partial charge in [0.25, 0.3) is 0 Å². The van der Waals surface area contributed by atoms with Gasteiger partial charge in [0.15, 0.2) is 0 Å². The molecule has 0 aliphatic heterocycles. The van der Waals surface area contributed by atoms with Crippen LogP contribution in [-0.2, 0) is 0 Å². The van der Waals surface area contributed by atoms with Gasteiger partial charge in [-0.2, -0.15) is 0 Å². The molecule has 2 heterocycles. The second kappa shape index (κ2) is 3.94. The van der Waals surface area contributed by atoms with Crippen molar-refractivity contribution >= 4 is 10.9 Å². The summed E-state index contributed by atoms with van der Waals surface area (Å²) in [6, 6.07) is 12.4. The van der Waals surface area contributed by atoms with Crippen molar-refractivity contribution in [1.82, 2.24) is 9.97 Å². The van der Waals surface area contributed by atoms with Gasteiger partial charge in [-0.15, -0.1) is 0 Å². The number of rotatable bonds is 1. The lowest BCUT2D eigenvalue weighted by Gasteiger charge is -2.05. The van der Waals surface area contributed by atoms with Gasteiger partial charge in [0, 0.05) is 29.4 Å². The van der Waals surface area contributed by atoms with Crippen LogP contribution in [0, 0.1) is 5.82 Å². The minimum absolute atomic E-state index is 0.282.